The predicted molar refractivity (Wildman–Crippen MR) is 43.9 cm³/mol. The second-order valence-corrected chi connectivity index (χ2v) is 2.74. The van der Waals surface area contributed by atoms with Gasteiger partial charge in [0.1, 0.15) is 12.1 Å². The summed E-state index contributed by atoms with van der Waals surface area (Å²) >= 11 is 2.12. The molecule has 0 atom stereocenters. The minimum absolute atomic E-state index is 0.558. The number of nitrogens with zero attached hydrogens (tertiary/aromatic N) is 2. The Balaban J connectivity index is 3.25. The smallest absolute Gasteiger partial charge is 0.140 e. The van der Waals surface area contributed by atoms with Gasteiger partial charge in [-0.15, -0.1) is 0 Å². The van der Waals surface area contributed by atoms with Crippen LogP contribution in [-0.4, -0.2) is 9.97 Å². The van der Waals surface area contributed by atoms with E-state index >= 15 is 0 Å². The van der Waals surface area contributed by atoms with Crippen molar-refractivity contribution in [1.82, 2.24) is 9.97 Å². The lowest BCUT2D eigenvalue weighted by Crippen LogP contribution is -1.97. The molecule has 4 heteroatoms. The molecule has 3 nitrogen and oxygen atoms in total. The molecule has 0 amide bonds. The number of nitrogens with two attached hydrogens (primary N) is 1. The third-order valence-corrected chi connectivity index (χ3v) is 2.32. The number of hydrogen-bond acceptors (Lipinski definition) is 3. The van der Waals surface area contributed by atoms with E-state index in [1.54, 1.807) is 0 Å². The molecule has 0 aromatic carbocycles. The predicted octanol–water partition coefficient (Wildman–Crippen LogP) is 0.972. The summed E-state index contributed by atoms with van der Waals surface area (Å²) in [6.07, 6.45) is 1.47. The van der Waals surface area contributed by atoms with Crippen LogP contribution in [0.4, 0.5) is 5.82 Å². The molecule has 2 N–H and O–H groups in total. The third kappa shape index (κ3) is 1.29. The second-order valence-electron chi connectivity index (χ2n) is 1.66. The van der Waals surface area contributed by atoms with E-state index in [2.05, 4.69) is 32.6 Å². The van der Waals surface area contributed by atoms with Crippen LogP contribution in [0.15, 0.2) is 6.33 Å². The summed E-state index contributed by atoms with van der Waals surface area (Å²) in [5.41, 5.74) is 6.40. The van der Waals surface area contributed by atoms with Gasteiger partial charge in [-0.2, -0.15) is 0 Å². The molecule has 0 radical (unpaired) electrons. The molecular formula is C5H6IN3. The van der Waals surface area contributed by atoms with Crippen molar-refractivity contribution in [2.24, 2.45) is 0 Å². The van der Waals surface area contributed by atoms with Gasteiger partial charge in [-0.05, 0) is 29.5 Å². The van der Waals surface area contributed by atoms with Crippen molar-refractivity contribution in [2.75, 3.05) is 5.73 Å². The summed E-state index contributed by atoms with van der Waals surface area (Å²) in [7, 11) is 0. The molecule has 0 bridgehead atoms. The monoisotopic (exact) mass is 235 g/mol. The Morgan fingerprint density at radius 1 is 1.56 bits per heavy atom. The van der Waals surface area contributed by atoms with Gasteiger partial charge in [0, 0.05) is 0 Å². The highest BCUT2D eigenvalue weighted by Gasteiger charge is 1.97. The molecule has 0 spiro atoms. The molecule has 0 aliphatic carbocycles. The second kappa shape index (κ2) is 2.47. The Morgan fingerprint density at radius 3 is 2.67 bits per heavy atom. The van der Waals surface area contributed by atoms with E-state index in [4.69, 9.17) is 5.73 Å². The van der Waals surface area contributed by atoms with Crippen LogP contribution in [0.1, 0.15) is 5.69 Å². The third-order valence-electron chi connectivity index (χ3n) is 0.991. The van der Waals surface area contributed by atoms with Crippen molar-refractivity contribution in [3.8, 4) is 0 Å². The zero-order valence-corrected chi connectivity index (χ0v) is 7.08. The minimum Gasteiger partial charge on any atom is -0.383 e. The first-order chi connectivity index (χ1) is 4.22. The number of anilines is 1. The average Bonchev–Trinajstić information content (AvgIpc) is 1.83. The van der Waals surface area contributed by atoms with Crippen molar-refractivity contribution >= 4 is 28.4 Å². The van der Waals surface area contributed by atoms with Crippen molar-refractivity contribution in [1.29, 1.82) is 0 Å². The number of rotatable bonds is 0. The van der Waals surface area contributed by atoms with Crippen LogP contribution in [-0.2, 0) is 0 Å². The van der Waals surface area contributed by atoms with Crippen LogP contribution in [0.3, 0.4) is 0 Å². The topological polar surface area (TPSA) is 51.8 Å². The van der Waals surface area contributed by atoms with Crippen molar-refractivity contribution in [3.63, 3.8) is 0 Å². The molecule has 0 aliphatic rings. The standard InChI is InChI=1S/C5H6IN3/c1-3-4(6)5(7)9-2-8-3/h2H,1H3,(H2,7,8,9). The Hall–Kier alpha value is -0.390. The van der Waals surface area contributed by atoms with Crippen molar-refractivity contribution in [3.05, 3.63) is 15.6 Å². The molecule has 0 saturated carbocycles. The van der Waals surface area contributed by atoms with Crippen LogP contribution in [0, 0.1) is 10.5 Å². The molecule has 0 saturated heterocycles. The van der Waals surface area contributed by atoms with Gasteiger partial charge in [-0.25, -0.2) is 9.97 Å². The van der Waals surface area contributed by atoms with Crippen LogP contribution in [0.5, 0.6) is 0 Å². The van der Waals surface area contributed by atoms with E-state index in [1.165, 1.54) is 6.33 Å². The first kappa shape index (κ1) is 6.73. The molecule has 1 aromatic heterocycles. The summed E-state index contributed by atoms with van der Waals surface area (Å²) in [5.74, 6) is 0.558. The largest absolute Gasteiger partial charge is 0.383 e. The Bertz CT molecular complexity index is 203. The summed E-state index contributed by atoms with van der Waals surface area (Å²) < 4.78 is 0.940. The average molecular weight is 235 g/mol. The Morgan fingerprint density at radius 2 is 2.22 bits per heavy atom. The maximum atomic E-state index is 5.46. The molecule has 1 rings (SSSR count). The van der Waals surface area contributed by atoms with Crippen molar-refractivity contribution in [2.45, 2.75) is 6.92 Å². The quantitative estimate of drug-likeness (QED) is 0.681. The normalized spacial score (nSPS) is 9.56. The lowest BCUT2D eigenvalue weighted by Gasteiger charge is -1.96. The fourth-order valence-electron chi connectivity index (χ4n) is 0.476. The first-order valence-corrected chi connectivity index (χ1v) is 3.52. The molecular weight excluding hydrogens is 229 g/mol. The van der Waals surface area contributed by atoms with Gasteiger partial charge in [-0.3, -0.25) is 0 Å². The number of hydrogen-bond donors (Lipinski definition) is 1. The lowest BCUT2D eigenvalue weighted by atomic mass is 10.4. The number of aromatic nitrogens is 2. The van der Waals surface area contributed by atoms with E-state index in [0.717, 1.165) is 9.26 Å². The molecule has 0 aliphatic heterocycles. The van der Waals surface area contributed by atoms with Gasteiger partial charge in [0.15, 0.2) is 0 Å². The number of halogens is 1. The highest BCUT2D eigenvalue weighted by Crippen LogP contribution is 2.12. The first-order valence-electron chi connectivity index (χ1n) is 2.44. The maximum Gasteiger partial charge on any atom is 0.140 e. The zero-order chi connectivity index (χ0) is 6.85. The van der Waals surface area contributed by atoms with E-state index in [-0.39, 0.29) is 0 Å². The minimum atomic E-state index is 0.558. The molecule has 1 aromatic rings. The van der Waals surface area contributed by atoms with Crippen molar-refractivity contribution < 1.29 is 0 Å². The Labute approximate surface area is 66.8 Å². The number of aryl methyl sites for hydroxylation is 1. The van der Waals surface area contributed by atoms with Crippen LogP contribution in [0.25, 0.3) is 0 Å². The summed E-state index contributed by atoms with van der Waals surface area (Å²) in [6, 6.07) is 0. The van der Waals surface area contributed by atoms with Gasteiger partial charge in [0.2, 0.25) is 0 Å². The molecule has 0 fully saturated rings. The highest BCUT2D eigenvalue weighted by atomic mass is 127. The summed E-state index contributed by atoms with van der Waals surface area (Å²) in [6.45, 7) is 1.90. The number of nitrogen functional groups attached to an aromatic ring is 1. The van der Waals surface area contributed by atoms with Crippen LogP contribution in [0.2, 0.25) is 0 Å². The fraction of sp³-hybridized carbons (Fsp3) is 0.200. The summed E-state index contributed by atoms with van der Waals surface area (Å²) in [4.78, 5) is 7.74. The van der Waals surface area contributed by atoms with Gasteiger partial charge in [0.05, 0.1) is 9.26 Å². The van der Waals surface area contributed by atoms with E-state index in [0.29, 0.717) is 5.82 Å². The Kier molecular flexibility index (Phi) is 1.84. The fourth-order valence-corrected chi connectivity index (χ4v) is 0.755. The molecule has 9 heavy (non-hydrogen) atoms. The molecule has 1 heterocycles. The zero-order valence-electron chi connectivity index (χ0n) is 4.93. The summed E-state index contributed by atoms with van der Waals surface area (Å²) in [5, 5.41) is 0. The lowest BCUT2D eigenvalue weighted by molar-refractivity contribution is 1.09. The van der Waals surface area contributed by atoms with Gasteiger partial charge in [-0.1, -0.05) is 0 Å². The van der Waals surface area contributed by atoms with Gasteiger partial charge >= 0.3 is 0 Å². The van der Waals surface area contributed by atoms with Gasteiger partial charge < -0.3 is 5.73 Å². The maximum absolute atomic E-state index is 5.46. The molecule has 48 valence electrons. The molecule has 0 unspecified atom stereocenters. The SMILES string of the molecule is Cc1ncnc(N)c1I. The van der Waals surface area contributed by atoms with E-state index < -0.39 is 0 Å². The van der Waals surface area contributed by atoms with E-state index in [9.17, 15) is 0 Å². The van der Waals surface area contributed by atoms with E-state index in [1.807, 2.05) is 6.92 Å². The van der Waals surface area contributed by atoms with Crippen LogP contribution < -0.4 is 5.73 Å². The van der Waals surface area contributed by atoms with Gasteiger partial charge in [0.25, 0.3) is 0 Å². The van der Waals surface area contributed by atoms with Crippen LogP contribution >= 0.6 is 22.6 Å². The highest BCUT2D eigenvalue weighted by molar-refractivity contribution is 14.1.